The van der Waals surface area contributed by atoms with Crippen LogP contribution in [0.1, 0.15) is 11.5 Å². The number of nitrogens with zero attached hydrogens (tertiary/aromatic N) is 6. The van der Waals surface area contributed by atoms with Gasteiger partial charge in [-0.25, -0.2) is 15.0 Å². The molecule has 0 fully saturated rings. The van der Waals surface area contributed by atoms with Gasteiger partial charge in [0.1, 0.15) is 29.8 Å². The van der Waals surface area contributed by atoms with Gasteiger partial charge in [-0.3, -0.25) is 14.3 Å². The molecule has 0 radical (unpaired) electrons. The first kappa shape index (κ1) is 21.4. The van der Waals surface area contributed by atoms with E-state index in [4.69, 9.17) is 4.52 Å². The van der Waals surface area contributed by atoms with Crippen molar-refractivity contribution in [2.24, 2.45) is 0 Å². The number of fused-ring (bicyclic) bond motifs is 1. The van der Waals surface area contributed by atoms with Crippen molar-refractivity contribution in [3.8, 4) is 28.3 Å². The Morgan fingerprint density at radius 2 is 1.97 bits per heavy atom. The standard InChI is InChI=1S/C26H20N8O2/c1-16-13-34(15-30-16)26-21-11-22(32-25(21)28-14-29-26)17-4-6-19(7-5-17)31-24(35)10-20-9-23(33-36-20)18-3-2-8-27-12-18/h2-9,11-15H,10H2,1H3,(H,31,35)(H,28,29,32). The Balaban J connectivity index is 1.16. The smallest absolute Gasteiger partial charge is 0.232 e. The van der Waals surface area contributed by atoms with Crippen LogP contribution in [0.25, 0.3) is 39.4 Å². The van der Waals surface area contributed by atoms with Gasteiger partial charge in [0.15, 0.2) is 5.82 Å². The van der Waals surface area contributed by atoms with Gasteiger partial charge in [-0.2, -0.15) is 0 Å². The molecule has 6 aromatic rings. The molecule has 0 atom stereocenters. The van der Waals surface area contributed by atoms with E-state index in [1.54, 1.807) is 24.8 Å². The summed E-state index contributed by atoms with van der Waals surface area (Å²) in [5, 5.41) is 7.81. The largest absolute Gasteiger partial charge is 0.360 e. The lowest BCUT2D eigenvalue weighted by molar-refractivity contribution is -0.115. The zero-order valence-electron chi connectivity index (χ0n) is 19.2. The quantitative estimate of drug-likeness (QED) is 0.366. The monoisotopic (exact) mass is 476 g/mol. The Kier molecular flexibility index (Phi) is 5.30. The number of carbonyl (C=O) groups is 1. The second-order valence-electron chi connectivity index (χ2n) is 8.29. The van der Waals surface area contributed by atoms with E-state index in [1.807, 2.05) is 60.2 Å². The molecule has 0 aliphatic heterocycles. The second kappa shape index (κ2) is 8.91. The summed E-state index contributed by atoms with van der Waals surface area (Å²) in [6, 6.07) is 15.0. The number of hydrogen-bond acceptors (Lipinski definition) is 7. The number of H-pyrrole nitrogens is 1. The molecule has 5 aromatic heterocycles. The van der Waals surface area contributed by atoms with Crippen molar-refractivity contribution in [3.63, 3.8) is 0 Å². The van der Waals surface area contributed by atoms with E-state index < -0.39 is 0 Å². The second-order valence-corrected chi connectivity index (χ2v) is 8.29. The van der Waals surface area contributed by atoms with Crippen molar-refractivity contribution in [2.45, 2.75) is 13.3 Å². The van der Waals surface area contributed by atoms with Gasteiger partial charge in [0, 0.05) is 41.6 Å². The molecule has 1 amide bonds. The lowest BCUT2D eigenvalue weighted by Crippen LogP contribution is -2.13. The lowest BCUT2D eigenvalue weighted by atomic mass is 10.1. The van der Waals surface area contributed by atoms with Crippen molar-refractivity contribution in [3.05, 3.63) is 91.2 Å². The molecule has 10 heteroatoms. The number of aryl methyl sites for hydroxylation is 1. The van der Waals surface area contributed by atoms with E-state index in [9.17, 15) is 4.79 Å². The molecule has 0 bridgehead atoms. The van der Waals surface area contributed by atoms with Gasteiger partial charge in [0.25, 0.3) is 0 Å². The third-order valence-electron chi connectivity index (χ3n) is 5.69. The van der Waals surface area contributed by atoms with Gasteiger partial charge in [-0.05, 0) is 42.8 Å². The minimum atomic E-state index is -0.196. The van der Waals surface area contributed by atoms with Crippen LogP contribution >= 0.6 is 0 Å². The maximum Gasteiger partial charge on any atom is 0.232 e. The van der Waals surface area contributed by atoms with Crippen LogP contribution < -0.4 is 5.32 Å². The first-order valence-electron chi connectivity index (χ1n) is 11.2. The number of amides is 1. The Morgan fingerprint density at radius 3 is 2.75 bits per heavy atom. The molecule has 0 spiro atoms. The Bertz CT molecular complexity index is 1670. The molecule has 176 valence electrons. The summed E-state index contributed by atoms with van der Waals surface area (Å²) in [6.45, 7) is 1.93. The number of hydrogen-bond donors (Lipinski definition) is 2. The molecule has 36 heavy (non-hydrogen) atoms. The molecule has 5 heterocycles. The number of pyridine rings is 1. The molecule has 0 aliphatic carbocycles. The number of carbonyl (C=O) groups excluding carboxylic acids is 1. The predicted octanol–water partition coefficient (Wildman–Crippen LogP) is 4.35. The number of anilines is 1. The zero-order valence-corrected chi connectivity index (χ0v) is 19.2. The first-order chi connectivity index (χ1) is 17.6. The SMILES string of the molecule is Cc1cn(-c2ncnc3[nH]c(-c4ccc(NC(=O)Cc5cc(-c6cccnc6)no5)cc4)cc23)cn1. The summed E-state index contributed by atoms with van der Waals surface area (Å²) in [4.78, 5) is 33.0. The van der Waals surface area contributed by atoms with Crippen LogP contribution in [0, 0.1) is 6.92 Å². The van der Waals surface area contributed by atoms with Crippen LogP contribution in [0.5, 0.6) is 0 Å². The van der Waals surface area contributed by atoms with E-state index >= 15 is 0 Å². The van der Waals surface area contributed by atoms with Crippen molar-refractivity contribution in [1.82, 2.24) is 34.6 Å². The normalized spacial score (nSPS) is 11.1. The lowest BCUT2D eigenvalue weighted by Gasteiger charge is -2.05. The van der Waals surface area contributed by atoms with Crippen molar-refractivity contribution in [1.29, 1.82) is 0 Å². The average Bonchev–Trinajstić information content (AvgIpc) is 3.64. The van der Waals surface area contributed by atoms with Crippen LogP contribution in [-0.2, 0) is 11.2 Å². The summed E-state index contributed by atoms with van der Waals surface area (Å²) in [6.07, 6.45) is 8.65. The number of aromatic nitrogens is 7. The minimum Gasteiger partial charge on any atom is -0.360 e. The van der Waals surface area contributed by atoms with Crippen LogP contribution in [0.2, 0.25) is 0 Å². The van der Waals surface area contributed by atoms with Crippen LogP contribution in [0.3, 0.4) is 0 Å². The fourth-order valence-corrected chi connectivity index (χ4v) is 3.97. The van der Waals surface area contributed by atoms with Gasteiger partial charge in [-0.15, -0.1) is 0 Å². The maximum absolute atomic E-state index is 12.5. The highest BCUT2D eigenvalue weighted by Gasteiger charge is 2.13. The Morgan fingerprint density at radius 1 is 1.08 bits per heavy atom. The summed E-state index contributed by atoms with van der Waals surface area (Å²) in [5.74, 6) is 1.04. The number of nitrogens with one attached hydrogen (secondary N) is 2. The van der Waals surface area contributed by atoms with Gasteiger partial charge < -0.3 is 14.8 Å². The van der Waals surface area contributed by atoms with Gasteiger partial charge >= 0.3 is 0 Å². The summed E-state index contributed by atoms with van der Waals surface area (Å²) < 4.78 is 7.20. The Labute approximate surface area is 205 Å². The molecule has 0 saturated carbocycles. The highest BCUT2D eigenvalue weighted by Crippen LogP contribution is 2.27. The Hall–Kier alpha value is -5.12. The zero-order chi connectivity index (χ0) is 24.5. The van der Waals surface area contributed by atoms with E-state index in [0.717, 1.165) is 39.4 Å². The molecule has 0 unspecified atom stereocenters. The number of rotatable bonds is 6. The van der Waals surface area contributed by atoms with Gasteiger partial charge in [-0.1, -0.05) is 17.3 Å². The van der Waals surface area contributed by atoms with E-state index in [2.05, 4.69) is 35.4 Å². The third-order valence-corrected chi connectivity index (χ3v) is 5.69. The molecule has 1 aromatic carbocycles. The molecular weight excluding hydrogens is 456 g/mol. The molecule has 2 N–H and O–H groups in total. The number of imidazole rings is 1. The maximum atomic E-state index is 12.5. The number of aromatic amines is 1. The average molecular weight is 477 g/mol. The number of benzene rings is 1. The van der Waals surface area contributed by atoms with E-state index in [1.165, 1.54) is 6.33 Å². The van der Waals surface area contributed by atoms with Crippen LogP contribution in [0.4, 0.5) is 5.69 Å². The summed E-state index contributed by atoms with van der Waals surface area (Å²) >= 11 is 0. The summed E-state index contributed by atoms with van der Waals surface area (Å²) in [5.41, 5.74) is 5.65. The van der Waals surface area contributed by atoms with Crippen molar-refractivity contribution >= 4 is 22.6 Å². The minimum absolute atomic E-state index is 0.0756. The summed E-state index contributed by atoms with van der Waals surface area (Å²) in [7, 11) is 0. The molecule has 6 rings (SSSR count). The van der Waals surface area contributed by atoms with E-state index in [0.29, 0.717) is 17.1 Å². The highest BCUT2D eigenvalue weighted by molar-refractivity contribution is 5.93. The van der Waals surface area contributed by atoms with Crippen LogP contribution in [0.15, 0.2) is 84.3 Å². The van der Waals surface area contributed by atoms with Crippen molar-refractivity contribution < 1.29 is 9.32 Å². The predicted molar refractivity (Wildman–Crippen MR) is 133 cm³/mol. The van der Waals surface area contributed by atoms with Gasteiger partial charge in [0.05, 0.1) is 17.5 Å². The molecule has 10 nitrogen and oxygen atoms in total. The molecular formula is C26H20N8O2. The highest BCUT2D eigenvalue weighted by atomic mass is 16.5. The first-order valence-corrected chi connectivity index (χ1v) is 11.2. The topological polar surface area (TPSA) is 127 Å². The van der Waals surface area contributed by atoms with E-state index in [-0.39, 0.29) is 12.3 Å². The fraction of sp³-hybridized carbons (Fsp3) is 0.0769. The van der Waals surface area contributed by atoms with Crippen LogP contribution in [-0.4, -0.2) is 40.6 Å². The molecule has 0 aliphatic rings. The third kappa shape index (κ3) is 4.23. The van der Waals surface area contributed by atoms with Gasteiger partial charge in [0.2, 0.25) is 5.91 Å². The molecule has 0 saturated heterocycles. The fourth-order valence-electron chi connectivity index (χ4n) is 3.97. The van der Waals surface area contributed by atoms with Crippen molar-refractivity contribution in [2.75, 3.05) is 5.32 Å².